The molecule has 0 radical (unpaired) electrons. The molecule has 2 heterocycles. The number of para-hydroxylation sites is 1. The second kappa shape index (κ2) is 7.55. The maximum absolute atomic E-state index is 12.4. The standard InChI is InChI=1S/C22H23N5O3/c1-12-8-5-6-9-14(12)21-25-22-24-13(2)17(20(23)28)18(27(22)26-21)15-10-7-11-16(29-3)19(15)30-4/h5-11,18H,1-4H3,(H2,23,28)(H,24,25,26). The number of carbonyl (C=O) groups excluding carboxylic acids is 1. The first kappa shape index (κ1) is 19.5. The summed E-state index contributed by atoms with van der Waals surface area (Å²) in [4.78, 5) is 17.1. The summed E-state index contributed by atoms with van der Waals surface area (Å²) < 4.78 is 12.8. The van der Waals surface area contributed by atoms with Crippen LogP contribution in [0, 0.1) is 6.92 Å². The molecule has 0 spiro atoms. The number of methoxy groups -OCH3 is 2. The summed E-state index contributed by atoms with van der Waals surface area (Å²) in [6.45, 7) is 3.80. The van der Waals surface area contributed by atoms with Crippen molar-refractivity contribution in [3.05, 3.63) is 64.9 Å². The van der Waals surface area contributed by atoms with Crippen LogP contribution in [0.2, 0.25) is 0 Å². The van der Waals surface area contributed by atoms with Crippen molar-refractivity contribution in [1.82, 2.24) is 14.8 Å². The van der Waals surface area contributed by atoms with E-state index < -0.39 is 11.9 Å². The third-order valence-electron chi connectivity index (χ3n) is 5.23. The first-order valence-corrected chi connectivity index (χ1v) is 9.47. The molecule has 8 heteroatoms. The zero-order chi connectivity index (χ0) is 21.4. The molecule has 30 heavy (non-hydrogen) atoms. The number of nitrogens with one attached hydrogen (secondary N) is 1. The van der Waals surface area contributed by atoms with Gasteiger partial charge in [-0.05, 0) is 25.5 Å². The van der Waals surface area contributed by atoms with E-state index in [1.54, 1.807) is 31.9 Å². The lowest BCUT2D eigenvalue weighted by molar-refractivity contribution is -0.115. The number of benzene rings is 2. The molecule has 3 N–H and O–H groups in total. The third kappa shape index (κ3) is 3.06. The van der Waals surface area contributed by atoms with Gasteiger partial charge in [-0.25, -0.2) is 4.68 Å². The maximum atomic E-state index is 12.4. The number of nitrogens with zero attached hydrogens (tertiary/aromatic N) is 3. The molecular weight excluding hydrogens is 382 g/mol. The quantitative estimate of drug-likeness (QED) is 0.676. The van der Waals surface area contributed by atoms with Crippen LogP contribution in [0.3, 0.4) is 0 Å². The molecule has 3 aromatic rings. The van der Waals surface area contributed by atoms with Gasteiger partial charge in [0.05, 0.1) is 19.8 Å². The maximum Gasteiger partial charge on any atom is 0.248 e. The van der Waals surface area contributed by atoms with Crippen molar-refractivity contribution >= 4 is 11.9 Å². The Morgan fingerprint density at radius 1 is 1.10 bits per heavy atom. The molecule has 1 atom stereocenters. The van der Waals surface area contributed by atoms with Crippen molar-refractivity contribution in [1.29, 1.82) is 0 Å². The molecule has 0 aliphatic carbocycles. The van der Waals surface area contributed by atoms with E-state index in [1.807, 2.05) is 43.3 Å². The molecule has 1 unspecified atom stereocenters. The highest BCUT2D eigenvalue weighted by atomic mass is 16.5. The van der Waals surface area contributed by atoms with E-state index in [9.17, 15) is 4.79 Å². The first-order valence-electron chi connectivity index (χ1n) is 9.47. The van der Waals surface area contributed by atoms with Crippen molar-refractivity contribution in [2.45, 2.75) is 19.9 Å². The summed E-state index contributed by atoms with van der Waals surface area (Å²) in [5.41, 5.74) is 9.45. The van der Waals surface area contributed by atoms with Gasteiger partial charge in [0.15, 0.2) is 17.3 Å². The van der Waals surface area contributed by atoms with Crippen LogP contribution in [0.5, 0.6) is 11.5 Å². The van der Waals surface area contributed by atoms with E-state index in [1.165, 1.54) is 0 Å². The van der Waals surface area contributed by atoms with E-state index in [4.69, 9.17) is 20.3 Å². The Hall–Kier alpha value is -3.81. The van der Waals surface area contributed by atoms with Crippen LogP contribution in [-0.2, 0) is 4.79 Å². The van der Waals surface area contributed by atoms with Crippen molar-refractivity contribution in [3.63, 3.8) is 0 Å². The number of carbonyl (C=O) groups is 1. The predicted molar refractivity (Wildman–Crippen MR) is 113 cm³/mol. The fourth-order valence-corrected chi connectivity index (χ4v) is 3.82. The fraction of sp³-hybridized carbons (Fsp3) is 0.227. The normalized spacial score (nSPS) is 15.4. The van der Waals surface area contributed by atoms with Gasteiger partial charge in [0.1, 0.15) is 6.04 Å². The van der Waals surface area contributed by atoms with E-state index >= 15 is 0 Å². The highest BCUT2D eigenvalue weighted by Gasteiger charge is 2.36. The van der Waals surface area contributed by atoms with Crippen LogP contribution >= 0.6 is 0 Å². The molecule has 1 amide bonds. The average Bonchev–Trinajstić information content (AvgIpc) is 3.15. The Bertz CT molecular complexity index is 1170. The Kier molecular flexibility index (Phi) is 4.91. The number of hydrogen-bond acceptors (Lipinski definition) is 6. The second-order valence-electron chi connectivity index (χ2n) is 7.03. The third-order valence-corrected chi connectivity index (χ3v) is 5.23. The van der Waals surface area contributed by atoms with Gasteiger partial charge in [-0.3, -0.25) is 4.79 Å². The molecule has 0 bridgehead atoms. The largest absolute Gasteiger partial charge is 0.493 e. The van der Waals surface area contributed by atoms with E-state index in [-0.39, 0.29) is 0 Å². The zero-order valence-corrected chi connectivity index (χ0v) is 17.3. The zero-order valence-electron chi connectivity index (χ0n) is 17.3. The van der Waals surface area contributed by atoms with Gasteiger partial charge in [-0.15, -0.1) is 5.10 Å². The summed E-state index contributed by atoms with van der Waals surface area (Å²) in [6, 6.07) is 12.8. The molecular formula is C22H23N5O3. The summed E-state index contributed by atoms with van der Waals surface area (Å²) in [7, 11) is 3.13. The topological polar surface area (TPSA) is 104 Å². The van der Waals surface area contributed by atoms with E-state index in [0.717, 1.165) is 11.1 Å². The summed E-state index contributed by atoms with van der Waals surface area (Å²) >= 11 is 0. The molecule has 4 rings (SSSR count). The monoisotopic (exact) mass is 405 g/mol. The Morgan fingerprint density at radius 3 is 2.53 bits per heavy atom. The van der Waals surface area contributed by atoms with Gasteiger partial charge in [0, 0.05) is 16.8 Å². The molecule has 1 aliphatic heterocycles. The minimum atomic E-state index is -0.617. The molecule has 154 valence electrons. The smallest absolute Gasteiger partial charge is 0.248 e. The lowest BCUT2D eigenvalue weighted by atomic mass is 9.94. The van der Waals surface area contributed by atoms with Crippen molar-refractivity contribution in [2.24, 2.45) is 5.73 Å². The van der Waals surface area contributed by atoms with Crippen LogP contribution < -0.4 is 20.5 Å². The number of anilines is 1. The number of fused-ring (bicyclic) bond motifs is 1. The van der Waals surface area contributed by atoms with Crippen LogP contribution in [0.25, 0.3) is 11.4 Å². The number of amides is 1. The average molecular weight is 405 g/mol. The highest BCUT2D eigenvalue weighted by Crippen LogP contribution is 2.43. The highest BCUT2D eigenvalue weighted by molar-refractivity contribution is 5.95. The van der Waals surface area contributed by atoms with Gasteiger partial charge in [0.2, 0.25) is 11.9 Å². The van der Waals surface area contributed by atoms with E-state index in [0.29, 0.717) is 40.1 Å². The van der Waals surface area contributed by atoms with Crippen molar-refractivity contribution in [2.75, 3.05) is 19.5 Å². The lowest BCUT2D eigenvalue weighted by Crippen LogP contribution is -2.32. The molecule has 0 saturated heterocycles. The lowest BCUT2D eigenvalue weighted by Gasteiger charge is -2.29. The molecule has 1 aliphatic rings. The predicted octanol–water partition coefficient (Wildman–Crippen LogP) is 3.04. The minimum Gasteiger partial charge on any atom is -0.493 e. The van der Waals surface area contributed by atoms with Crippen LogP contribution in [0.15, 0.2) is 53.7 Å². The van der Waals surface area contributed by atoms with Gasteiger partial charge in [0.25, 0.3) is 0 Å². The van der Waals surface area contributed by atoms with Gasteiger partial charge >= 0.3 is 0 Å². The first-order chi connectivity index (χ1) is 14.5. The molecule has 0 saturated carbocycles. The number of aryl methyl sites for hydroxylation is 1. The van der Waals surface area contributed by atoms with Crippen LogP contribution in [0.4, 0.5) is 5.95 Å². The van der Waals surface area contributed by atoms with Gasteiger partial charge in [-0.1, -0.05) is 36.4 Å². The number of ether oxygens (including phenoxy) is 2. The molecule has 0 fully saturated rings. The summed E-state index contributed by atoms with van der Waals surface area (Å²) in [5, 5.41) is 7.91. The molecule has 2 aromatic carbocycles. The molecule has 1 aromatic heterocycles. The van der Waals surface area contributed by atoms with Crippen LogP contribution in [0.1, 0.15) is 24.1 Å². The Labute approximate surface area is 174 Å². The Morgan fingerprint density at radius 2 is 1.87 bits per heavy atom. The minimum absolute atomic E-state index is 0.385. The SMILES string of the molecule is COc1cccc(C2C(C(N)=O)=C(C)Nc3nc(-c4ccccc4C)nn32)c1OC. The van der Waals surface area contributed by atoms with Gasteiger partial charge < -0.3 is 20.5 Å². The summed E-state index contributed by atoms with van der Waals surface area (Å²) in [6.07, 6.45) is 0. The van der Waals surface area contributed by atoms with Crippen LogP contribution in [-0.4, -0.2) is 34.9 Å². The summed E-state index contributed by atoms with van der Waals surface area (Å²) in [5.74, 6) is 1.59. The molecule has 8 nitrogen and oxygen atoms in total. The fourth-order valence-electron chi connectivity index (χ4n) is 3.82. The van der Waals surface area contributed by atoms with Crippen molar-refractivity contribution in [3.8, 4) is 22.9 Å². The number of primary amides is 1. The number of rotatable bonds is 5. The van der Waals surface area contributed by atoms with Crippen molar-refractivity contribution < 1.29 is 14.3 Å². The number of aromatic nitrogens is 3. The number of allylic oxidation sites excluding steroid dienone is 1. The van der Waals surface area contributed by atoms with E-state index in [2.05, 4.69) is 10.3 Å². The number of nitrogens with two attached hydrogens (primary N) is 1. The Balaban J connectivity index is 1.96. The van der Waals surface area contributed by atoms with Gasteiger partial charge in [-0.2, -0.15) is 4.98 Å². The second-order valence-corrected chi connectivity index (χ2v) is 7.03. The number of hydrogen-bond donors (Lipinski definition) is 2.